The Kier molecular flexibility index (Phi) is 4.69. The molecule has 0 spiro atoms. The lowest BCUT2D eigenvalue weighted by Crippen LogP contribution is -2.66. The van der Waals surface area contributed by atoms with Crippen molar-refractivity contribution in [3.05, 3.63) is 28.8 Å². The number of nitrogens with one attached hydrogen (secondary N) is 1. The first-order valence-corrected chi connectivity index (χ1v) is 8.05. The molecule has 0 radical (unpaired) electrons. The zero-order chi connectivity index (χ0) is 14.8. The van der Waals surface area contributed by atoms with E-state index in [4.69, 9.17) is 16.3 Å². The fourth-order valence-electron chi connectivity index (χ4n) is 3.61. The van der Waals surface area contributed by atoms with Crippen LogP contribution < -0.4 is 10.1 Å². The molecule has 1 aromatic carbocycles. The number of piperazine rings is 3. The molecule has 3 fully saturated rings. The smallest absolute Gasteiger partial charge is 0.122 e. The van der Waals surface area contributed by atoms with Gasteiger partial charge < -0.3 is 10.1 Å². The molecule has 0 saturated carbocycles. The average molecular weight is 310 g/mol. The molecule has 4 nitrogen and oxygen atoms in total. The van der Waals surface area contributed by atoms with Crippen molar-refractivity contribution >= 4 is 11.6 Å². The van der Waals surface area contributed by atoms with E-state index in [0.29, 0.717) is 12.1 Å². The molecule has 21 heavy (non-hydrogen) atoms. The standard InChI is InChI=1S/C16H24ClN3O/c1-18-14(15-11-19-5-7-20(15)8-6-19)10-12-9-13(17)3-4-16(12)21-2/h3-4,9,14-15,18H,5-8,10-11H2,1-2H3. The Labute approximate surface area is 132 Å². The van der Waals surface area contributed by atoms with Gasteiger partial charge in [0.2, 0.25) is 0 Å². The van der Waals surface area contributed by atoms with Gasteiger partial charge in [-0.25, -0.2) is 0 Å². The summed E-state index contributed by atoms with van der Waals surface area (Å²) in [6, 6.07) is 6.86. The molecule has 0 aliphatic carbocycles. The predicted molar refractivity (Wildman–Crippen MR) is 86.4 cm³/mol. The van der Waals surface area contributed by atoms with E-state index in [-0.39, 0.29) is 0 Å². The van der Waals surface area contributed by atoms with Gasteiger partial charge in [-0.1, -0.05) is 11.6 Å². The SMILES string of the molecule is CNC(Cc1cc(Cl)ccc1OC)C1CN2CCN1CC2. The summed E-state index contributed by atoms with van der Waals surface area (Å²) in [5, 5.41) is 4.28. The minimum absolute atomic E-state index is 0.417. The normalized spacial score (nSPS) is 29.4. The first kappa shape index (κ1) is 15.1. The lowest BCUT2D eigenvalue weighted by molar-refractivity contribution is -0.00208. The van der Waals surface area contributed by atoms with Crippen LogP contribution in [0.5, 0.6) is 5.75 Å². The van der Waals surface area contributed by atoms with Crippen LogP contribution >= 0.6 is 11.6 Å². The van der Waals surface area contributed by atoms with Crippen molar-refractivity contribution in [2.24, 2.45) is 0 Å². The molecule has 3 heterocycles. The summed E-state index contributed by atoms with van der Waals surface area (Å²) in [6.07, 6.45) is 0.940. The summed E-state index contributed by atoms with van der Waals surface area (Å²) in [4.78, 5) is 5.20. The highest BCUT2D eigenvalue weighted by atomic mass is 35.5. The van der Waals surface area contributed by atoms with Crippen LogP contribution in [0.4, 0.5) is 0 Å². The Balaban J connectivity index is 1.77. The van der Waals surface area contributed by atoms with Crippen LogP contribution in [0.2, 0.25) is 5.02 Å². The number of likely N-dealkylation sites (N-methyl/N-ethyl adjacent to an activating group) is 1. The number of rotatable bonds is 5. The van der Waals surface area contributed by atoms with Gasteiger partial charge in [0, 0.05) is 49.8 Å². The second kappa shape index (κ2) is 6.53. The molecule has 2 bridgehead atoms. The van der Waals surface area contributed by atoms with Gasteiger partial charge in [-0.05, 0) is 37.2 Å². The molecule has 116 valence electrons. The fraction of sp³-hybridized carbons (Fsp3) is 0.625. The van der Waals surface area contributed by atoms with Crippen LogP contribution in [0, 0.1) is 0 Å². The molecule has 0 aromatic heterocycles. The number of benzene rings is 1. The minimum Gasteiger partial charge on any atom is -0.496 e. The monoisotopic (exact) mass is 309 g/mol. The first-order chi connectivity index (χ1) is 10.2. The summed E-state index contributed by atoms with van der Waals surface area (Å²) < 4.78 is 5.48. The summed E-state index contributed by atoms with van der Waals surface area (Å²) in [6.45, 7) is 5.97. The van der Waals surface area contributed by atoms with Crippen molar-refractivity contribution in [2.75, 3.05) is 46.9 Å². The molecule has 0 amide bonds. The molecule has 1 N–H and O–H groups in total. The lowest BCUT2D eigenvalue weighted by atomic mass is 9.94. The van der Waals surface area contributed by atoms with E-state index in [9.17, 15) is 0 Å². The Bertz CT molecular complexity index is 488. The molecular weight excluding hydrogens is 286 g/mol. The predicted octanol–water partition coefficient (Wildman–Crippen LogP) is 1.48. The summed E-state index contributed by atoms with van der Waals surface area (Å²) in [5.41, 5.74) is 1.18. The molecule has 2 unspecified atom stereocenters. The quantitative estimate of drug-likeness (QED) is 0.892. The molecular formula is C16H24ClN3O. The van der Waals surface area contributed by atoms with E-state index in [1.807, 2.05) is 18.2 Å². The zero-order valence-electron chi connectivity index (χ0n) is 12.8. The largest absolute Gasteiger partial charge is 0.496 e. The van der Waals surface area contributed by atoms with Crippen molar-refractivity contribution in [1.82, 2.24) is 15.1 Å². The first-order valence-electron chi connectivity index (χ1n) is 7.67. The minimum atomic E-state index is 0.417. The van der Waals surface area contributed by atoms with Gasteiger partial charge in [0.1, 0.15) is 5.75 Å². The maximum Gasteiger partial charge on any atom is 0.122 e. The van der Waals surface area contributed by atoms with Crippen molar-refractivity contribution in [2.45, 2.75) is 18.5 Å². The number of nitrogens with zero attached hydrogens (tertiary/aromatic N) is 2. The van der Waals surface area contributed by atoms with Crippen LogP contribution in [0.3, 0.4) is 0 Å². The molecule has 5 heteroatoms. The Morgan fingerprint density at radius 1 is 1.33 bits per heavy atom. The van der Waals surface area contributed by atoms with Crippen LogP contribution in [0.15, 0.2) is 18.2 Å². The van der Waals surface area contributed by atoms with Crippen LogP contribution in [-0.2, 0) is 6.42 Å². The molecule has 4 rings (SSSR count). The van der Waals surface area contributed by atoms with E-state index >= 15 is 0 Å². The number of fused-ring (bicyclic) bond motifs is 3. The number of methoxy groups -OCH3 is 1. The van der Waals surface area contributed by atoms with Gasteiger partial charge in [-0.3, -0.25) is 9.80 Å². The van der Waals surface area contributed by atoms with Crippen molar-refractivity contribution in [3.63, 3.8) is 0 Å². The maximum atomic E-state index is 6.15. The molecule has 3 aliphatic rings. The second-order valence-corrected chi connectivity index (χ2v) is 6.40. The van der Waals surface area contributed by atoms with Gasteiger partial charge in [-0.15, -0.1) is 0 Å². The summed E-state index contributed by atoms with van der Waals surface area (Å²) in [7, 11) is 3.78. The van der Waals surface area contributed by atoms with E-state index in [1.54, 1.807) is 7.11 Å². The van der Waals surface area contributed by atoms with Crippen molar-refractivity contribution in [3.8, 4) is 5.75 Å². The van der Waals surface area contributed by atoms with Crippen LogP contribution in [-0.4, -0.2) is 68.8 Å². The van der Waals surface area contributed by atoms with E-state index < -0.39 is 0 Å². The Morgan fingerprint density at radius 2 is 2.10 bits per heavy atom. The Morgan fingerprint density at radius 3 is 2.67 bits per heavy atom. The number of halogens is 1. The summed E-state index contributed by atoms with van der Waals surface area (Å²) in [5.74, 6) is 0.927. The number of ether oxygens (including phenoxy) is 1. The van der Waals surface area contributed by atoms with Gasteiger partial charge in [0.15, 0.2) is 0 Å². The van der Waals surface area contributed by atoms with Gasteiger partial charge in [-0.2, -0.15) is 0 Å². The number of hydrogen-bond donors (Lipinski definition) is 1. The van der Waals surface area contributed by atoms with Crippen molar-refractivity contribution < 1.29 is 4.74 Å². The highest BCUT2D eigenvalue weighted by Crippen LogP contribution is 2.26. The highest BCUT2D eigenvalue weighted by Gasteiger charge is 2.36. The van der Waals surface area contributed by atoms with Gasteiger partial charge in [0.05, 0.1) is 7.11 Å². The van der Waals surface area contributed by atoms with E-state index in [1.165, 1.54) is 31.7 Å². The third kappa shape index (κ3) is 3.19. The van der Waals surface area contributed by atoms with E-state index in [0.717, 1.165) is 23.7 Å². The van der Waals surface area contributed by atoms with Gasteiger partial charge >= 0.3 is 0 Å². The molecule has 2 atom stereocenters. The number of hydrogen-bond acceptors (Lipinski definition) is 4. The molecule has 1 aromatic rings. The molecule has 3 saturated heterocycles. The zero-order valence-corrected chi connectivity index (χ0v) is 13.6. The van der Waals surface area contributed by atoms with Crippen molar-refractivity contribution in [1.29, 1.82) is 0 Å². The van der Waals surface area contributed by atoms with Crippen LogP contribution in [0.1, 0.15) is 5.56 Å². The molecule has 3 aliphatic heterocycles. The third-order valence-electron chi connectivity index (χ3n) is 4.84. The van der Waals surface area contributed by atoms with Gasteiger partial charge in [0.25, 0.3) is 0 Å². The second-order valence-electron chi connectivity index (χ2n) is 5.96. The highest BCUT2D eigenvalue weighted by molar-refractivity contribution is 6.30. The van der Waals surface area contributed by atoms with Crippen LogP contribution in [0.25, 0.3) is 0 Å². The third-order valence-corrected chi connectivity index (χ3v) is 5.07. The lowest BCUT2D eigenvalue weighted by Gasteiger charge is -2.50. The van der Waals surface area contributed by atoms with E-state index in [2.05, 4.69) is 22.2 Å². The average Bonchev–Trinajstić information content (AvgIpc) is 2.54. The topological polar surface area (TPSA) is 27.7 Å². The fourth-order valence-corrected chi connectivity index (χ4v) is 3.81. The Hall–Kier alpha value is -0.810. The maximum absolute atomic E-state index is 6.15. The summed E-state index contributed by atoms with van der Waals surface area (Å²) >= 11 is 6.15.